The smallest absolute Gasteiger partial charge is 0.294 e. The van der Waals surface area contributed by atoms with E-state index < -0.39 is 22.0 Å². The number of benzene rings is 3. The molecule has 0 spiro atoms. The van der Waals surface area contributed by atoms with Gasteiger partial charge in [0.2, 0.25) is 5.95 Å². The number of ether oxygens (including phenoxy) is 2. The average Bonchev–Trinajstić information content (AvgIpc) is 2.92. The number of rotatable bonds is 6. The van der Waals surface area contributed by atoms with Crippen molar-refractivity contribution in [3.63, 3.8) is 0 Å². The van der Waals surface area contributed by atoms with Crippen molar-refractivity contribution in [1.82, 2.24) is 9.97 Å². The summed E-state index contributed by atoms with van der Waals surface area (Å²) in [5.74, 6) is 0.307. The Morgan fingerprint density at radius 3 is 2.41 bits per heavy atom. The third kappa shape index (κ3) is 7.60. The first kappa shape index (κ1) is 29.5. The van der Waals surface area contributed by atoms with E-state index in [9.17, 15) is 17.6 Å². The maximum absolute atomic E-state index is 14.3. The maximum atomic E-state index is 14.3. The number of fused-ring (bicyclic) bond motifs is 1. The van der Waals surface area contributed by atoms with Crippen molar-refractivity contribution in [1.29, 1.82) is 0 Å². The van der Waals surface area contributed by atoms with E-state index in [-0.39, 0.29) is 22.6 Å². The second-order valence-corrected chi connectivity index (χ2v) is 10.6. The van der Waals surface area contributed by atoms with Crippen LogP contribution in [0.1, 0.15) is 12.5 Å². The SMILES string of the molecule is COc1ccc(Nc2ncc(F)c(Nc3ccc4c(c3)NC(=O)[C@@H](C)O4)n2)cc1Cl.Cc1ccc(S(=O)(=O)O)cc1. The highest BCUT2D eigenvalue weighted by atomic mass is 35.5. The van der Waals surface area contributed by atoms with Crippen molar-refractivity contribution in [3.8, 4) is 11.5 Å². The van der Waals surface area contributed by atoms with Gasteiger partial charge in [0.05, 0.1) is 28.9 Å². The molecule has 3 aromatic carbocycles. The summed E-state index contributed by atoms with van der Waals surface area (Å²) in [4.78, 5) is 19.9. The predicted octanol–water partition coefficient (Wildman–Crippen LogP) is 5.73. The van der Waals surface area contributed by atoms with Gasteiger partial charge in [-0.05, 0) is 62.4 Å². The largest absolute Gasteiger partial charge is 0.495 e. The first-order valence-electron chi connectivity index (χ1n) is 12.0. The van der Waals surface area contributed by atoms with Gasteiger partial charge in [0, 0.05) is 11.4 Å². The van der Waals surface area contributed by atoms with Gasteiger partial charge in [0.15, 0.2) is 17.7 Å². The lowest BCUT2D eigenvalue weighted by atomic mass is 10.2. The third-order valence-corrected chi connectivity index (χ3v) is 6.81. The number of hydrogen-bond donors (Lipinski definition) is 4. The first-order chi connectivity index (χ1) is 19.4. The first-order valence-corrected chi connectivity index (χ1v) is 13.8. The number of methoxy groups -OCH3 is 1. The molecular formula is C27H25ClFN5O6S. The van der Waals surface area contributed by atoms with Crippen LogP contribution in [0.25, 0.3) is 0 Å². The van der Waals surface area contributed by atoms with Crippen LogP contribution in [0.15, 0.2) is 71.8 Å². The zero-order valence-electron chi connectivity index (χ0n) is 22.0. The molecule has 0 radical (unpaired) electrons. The summed E-state index contributed by atoms with van der Waals surface area (Å²) in [6.45, 7) is 3.50. The van der Waals surface area contributed by atoms with Crippen molar-refractivity contribution in [2.45, 2.75) is 24.8 Å². The zero-order valence-corrected chi connectivity index (χ0v) is 23.5. The molecule has 4 N–H and O–H groups in total. The minimum absolute atomic E-state index is 0.0384. The molecule has 0 saturated heterocycles. The molecule has 5 rings (SSSR count). The van der Waals surface area contributed by atoms with Crippen molar-refractivity contribution in [3.05, 3.63) is 83.3 Å². The number of carbonyl (C=O) groups is 1. The predicted molar refractivity (Wildman–Crippen MR) is 153 cm³/mol. The Balaban J connectivity index is 0.000000296. The second kappa shape index (κ2) is 12.4. The van der Waals surface area contributed by atoms with E-state index in [0.717, 1.165) is 11.8 Å². The molecule has 1 aliphatic rings. The number of aryl methyl sites for hydroxylation is 1. The molecule has 14 heteroatoms. The van der Waals surface area contributed by atoms with Crippen LogP contribution >= 0.6 is 11.6 Å². The topological polar surface area (TPSA) is 152 Å². The molecule has 1 amide bonds. The van der Waals surface area contributed by atoms with Crippen LogP contribution < -0.4 is 25.4 Å². The lowest BCUT2D eigenvalue weighted by Crippen LogP contribution is -2.34. The number of aromatic nitrogens is 2. The van der Waals surface area contributed by atoms with Crippen LogP contribution in [0.2, 0.25) is 5.02 Å². The molecule has 1 aromatic heterocycles. The van der Waals surface area contributed by atoms with Gasteiger partial charge in [-0.2, -0.15) is 13.4 Å². The van der Waals surface area contributed by atoms with Gasteiger partial charge < -0.3 is 25.4 Å². The van der Waals surface area contributed by atoms with Crippen LogP contribution in [0.4, 0.5) is 33.2 Å². The quantitative estimate of drug-likeness (QED) is 0.202. The van der Waals surface area contributed by atoms with E-state index in [2.05, 4.69) is 25.9 Å². The van der Waals surface area contributed by atoms with Crippen LogP contribution in [0, 0.1) is 12.7 Å². The van der Waals surface area contributed by atoms with Crippen molar-refractivity contribution >= 4 is 56.5 Å². The summed E-state index contributed by atoms with van der Waals surface area (Å²) in [7, 11) is -2.50. The van der Waals surface area contributed by atoms with Crippen molar-refractivity contribution in [2.75, 3.05) is 23.1 Å². The standard InChI is InChI=1S/C20H17ClFN5O3.C7H8O3S/c1-10-19(28)26-15-8-12(4-6-17(15)30-10)24-18-14(22)9-23-20(27-18)25-11-3-5-16(29-2)13(21)7-11;1-6-2-4-7(5-3-6)11(8,9)10/h3-10H,1-2H3,(H,26,28)(H2,23,24,25,27);2-5H,1H3,(H,8,9,10)/t10-;/m1./s1. The highest BCUT2D eigenvalue weighted by molar-refractivity contribution is 7.85. The molecule has 41 heavy (non-hydrogen) atoms. The monoisotopic (exact) mass is 601 g/mol. The Hall–Kier alpha value is -4.46. The Labute approximate surface area is 240 Å². The second-order valence-electron chi connectivity index (χ2n) is 8.74. The Bertz CT molecular complexity index is 1690. The van der Waals surface area contributed by atoms with Crippen LogP contribution in [-0.4, -0.2) is 42.1 Å². The van der Waals surface area contributed by atoms with Crippen LogP contribution in [0.5, 0.6) is 11.5 Å². The minimum Gasteiger partial charge on any atom is -0.495 e. The van der Waals surface area contributed by atoms with Crippen molar-refractivity contribution < 1.29 is 31.6 Å². The molecule has 11 nitrogen and oxygen atoms in total. The molecule has 0 saturated carbocycles. The van der Waals surface area contributed by atoms with Gasteiger partial charge in [-0.25, -0.2) is 9.37 Å². The molecule has 214 valence electrons. The summed E-state index contributed by atoms with van der Waals surface area (Å²) in [6, 6.07) is 16.1. The Morgan fingerprint density at radius 1 is 1.07 bits per heavy atom. The number of carbonyl (C=O) groups excluding carboxylic acids is 1. The number of amides is 1. The molecule has 2 heterocycles. The number of hydrogen-bond acceptors (Lipinski definition) is 9. The number of nitrogens with zero attached hydrogens (tertiary/aromatic N) is 2. The molecule has 0 aliphatic carbocycles. The number of halogens is 2. The fraction of sp³-hybridized carbons (Fsp3) is 0.148. The van der Waals surface area contributed by atoms with Gasteiger partial charge in [-0.3, -0.25) is 9.35 Å². The zero-order chi connectivity index (χ0) is 29.7. The third-order valence-electron chi connectivity index (χ3n) is 5.64. The van der Waals surface area contributed by atoms with Gasteiger partial charge in [0.1, 0.15) is 11.5 Å². The molecular weight excluding hydrogens is 577 g/mol. The van der Waals surface area contributed by atoms with E-state index in [1.165, 1.54) is 19.2 Å². The Morgan fingerprint density at radius 2 is 1.76 bits per heavy atom. The summed E-state index contributed by atoms with van der Waals surface area (Å²) in [6.07, 6.45) is 0.476. The summed E-state index contributed by atoms with van der Waals surface area (Å²) >= 11 is 6.12. The number of nitrogens with one attached hydrogen (secondary N) is 3. The van der Waals surface area contributed by atoms with Gasteiger partial charge in [-0.1, -0.05) is 29.3 Å². The fourth-order valence-electron chi connectivity index (χ4n) is 3.52. The lowest BCUT2D eigenvalue weighted by Gasteiger charge is -2.23. The van der Waals surface area contributed by atoms with Crippen LogP contribution in [-0.2, 0) is 14.9 Å². The van der Waals surface area contributed by atoms with E-state index in [4.69, 9.17) is 25.6 Å². The summed E-state index contributed by atoms with van der Waals surface area (Å²) < 4.78 is 54.4. The lowest BCUT2D eigenvalue weighted by molar-refractivity contribution is -0.122. The van der Waals surface area contributed by atoms with Gasteiger partial charge in [-0.15, -0.1) is 0 Å². The van der Waals surface area contributed by atoms with Gasteiger partial charge >= 0.3 is 0 Å². The molecule has 0 unspecified atom stereocenters. The van der Waals surface area contributed by atoms with E-state index in [1.807, 2.05) is 6.92 Å². The molecule has 4 aromatic rings. The van der Waals surface area contributed by atoms with E-state index in [1.54, 1.807) is 55.5 Å². The minimum atomic E-state index is -4.02. The average molecular weight is 602 g/mol. The molecule has 1 aliphatic heterocycles. The summed E-state index contributed by atoms with van der Waals surface area (Å²) in [5.41, 5.74) is 2.57. The highest BCUT2D eigenvalue weighted by Gasteiger charge is 2.23. The molecule has 1 atom stereocenters. The van der Waals surface area contributed by atoms with Crippen molar-refractivity contribution in [2.24, 2.45) is 0 Å². The Kier molecular flexibility index (Phi) is 8.91. The highest BCUT2D eigenvalue weighted by Crippen LogP contribution is 2.33. The number of anilines is 5. The van der Waals surface area contributed by atoms with E-state index in [0.29, 0.717) is 33.6 Å². The van der Waals surface area contributed by atoms with Gasteiger partial charge in [0.25, 0.3) is 16.0 Å². The molecule has 0 bridgehead atoms. The maximum Gasteiger partial charge on any atom is 0.294 e. The summed E-state index contributed by atoms with van der Waals surface area (Å²) in [5, 5.41) is 9.01. The molecule has 0 fully saturated rings. The van der Waals surface area contributed by atoms with E-state index >= 15 is 0 Å². The fourth-order valence-corrected chi connectivity index (χ4v) is 4.26. The normalized spacial score (nSPS) is 14.0. The van der Waals surface area contributed by atoms with Crippen LogP contribution in [0.3, 0.4) is 0 Å².